The Morgan fingerprint density at radius 2 is 1.92 bits per heavy atom. The van der Waals surface area contributed by atoms with E-state index in [2.05, 4.69) is 32.7 Å². The van der Waals surface area contributed by atoms with Crippen molar-refractivity contribution >= 4 is 19.0 Å². The summed E-state index contributed by atoms with van der Waals surface area (Å²) in [4.78, 5) is 25.9. The number of methoxy groups -OCH3 is 1. The lowest BCUT2D eigenvalue weighted by atomic mass is 9.43. The van der Waals surface area contributed by atoms with E-state index < -0.39 is 30.2 Å². The topological polar surface area (TPSA) is 83.1 Å². The lowest BCUT2D eigenvalue weighted by Crippen LogP contribution is -2.65. The number of carbonyl (C=O) groups is 2. The quantitative estimate of drug-likeness (QED) is 0.268. The fraction of sp³-hybridized carbons (Fsp3) is 0.667. The van der Waals surface area contributed by atoms with E-state index in [0.717, 1.165) is 24.0 Å². The second-order valence-electron chi connectivity index (χ2n) is 13.2. The molecular weight excluding hydrogens is 481 g/mol. The van der Waals surface area contributed by atoms with Crippen LogP contribution in [0.3, 0.4) is 0 Å². The molecule has 1 aromatic rings. The van der Waals surface area contributed by atoms with Gasteiger partial charge < -0.3 is 24.1 Å². The molecule has 4 fully saturated rings. The van der Waals surface area contributed by atoms with Crippen molar-refractivity contribution in [3.63, 3.8) is 0 Å². The van der Waals surface area contributed by atoms with Gasteiger partial charge in [0.05, 0.1) is 24.8 Å². The van der Waals surface area contributed by atoms with Crippen molar-refractivity contribution in [1.29, 1.82) is 0 Å². The van der Waals surface area contributed by atoms with Gasteiger partial charge in [-0.05, 0) is 89.2 Å². The summed E-state index contributed by atoms with van der Waals surface area (Å²) in [5.41, 5.74) is 1.27. The van der Waals surface area contributed by atoms with Gasteiger partial charge in [-0.1, -0.05) is 31.6 Å². The van der Waals surface area contributed by atoms with Crippen LogP contribution < -0.4 is 10.1 Å². The van der Waals surface area contributed by atoms with Crippen LogP contribution >= 0.6 is 0 Å². The maximum absolute atomic E-state index is 13.0. The van der Waals surface area contributed by atoms with Gasteiger partial charge in [-0.3, -0.25) is 4.79 Å². The van der Waals surface area contributed by atoms with Gasteiger partial charge >= 0.3 is 13.1 Å². The third-order valence-electron chi connectivity index (χ3n) is 8.78. The molecule has 5 rings (SSSR count). The number of rotatable bonds is 9. The molecule has 2 bridgehead atoms. The highest BCUT2D eigenvalue weighted by atomic mass is 16.7. The minimum absolute atomic E-state index is 0.00547. The number of amides is 1. The van der Waals surface area contributed by atoms with Gasteiger partial charge in [0.1, 0.15) is 16.9 Å². The number of ether oxygens (including phenoxy) is 2. The van der Waals surface area contributed by atoms with Crippen LogP contribution in [0.5, 0.6) is 5.75 Å². The highest BCUT2D eigenvalue weighted by Gasteiger charge is 2.68. The van der Waals surface area contributed by atoms with Crippen molar-refractivity contribution < 1.29 is 28.4 Å². The predicted octanol–water partition coefficient (Wildman–Crippen LogP) is 5.30. The van der Waals surface area contributed by atoms with Gasteiger partial charge in [-0.15, -0.1) is 6.58 Å². The number of para-hydroxylation sites is 1. The smallest absolute Gasteiger partial charge is 0.482 e. The maximum Gasteiger partial charge on any atom is 0.482 e. The first kappa shape index (κ1) is 28.7. The zero-order valence-electron chi connectivity index (χ0n) is 24.3. The van der Waals surface area contributed by atoms with Crippen LogP contribution in [0.4, 0.5) is 0 Å². The highest BCUT2D eigenvalue weighted by Crippen LogP contribution is 2.65. The average Bonchev–Trinajstić information content (AvgIpc) is 3.18. The third kappa shape index (κ3) is 5.53. The Kier molecular flexibility index (Phi) is 7.81. The SMILES string of the molecule is C=C(C)CCC(=O)NC(Cc1cccc(C(=O)OC(C)(C)C)c1OC)B1OC2CC3CC(C3(C)C)C2(C)O1. The van der Waals surface area contributed by atoms with Crippen LogP contribution in [-0.2, 0) is 25.3 Å². The van der Waals surface area contributed by atoms with Crippen molar-refractivity contribution in [3.8, 4) is 5.75 Å². The van der Waals surface area contributed by atoms with Gasteiger partial charge in [-0.2, -0.15) is 0 Å². The monoisotopic (exact) mass is 525 g/mol. The number of allylic oxidation sites excluding steroid dienone is 1. The molecule has 1 aromatic carbocycles. The molecule has 8 heteroatoms. The molecule has 7 nitrogen and oxygen atoms in total. The summed E-state index contributed by atoms with van der Waals surface area (Å²) in [6, 6.07) is 5.42. The average molecular weight is 525 g/mol. The van der Waals surface area contributed by atoms with E-state index in [1.165, 1.54) is 0 Å². The van der Waals surface area contributed by atoms with Crippen LogP contribution in [0.15, 0.2) is 30.4 Å². The normalized spacial score (nSPS) is 28.1. The Balaban J connectivity index is 1.61. The summed E-state index contributed by atoms with van der Waals surface area (Å²) < 4.78 is 24.6. The molecule has 1 saturated heterocycles. The molecule has 3 saturated carbocycles. The molecule has 38 heavy (non-hydrogen) atoms. The van der Waals surface area contributed by atoms with E-state index in [1.54, 1.807) is 13.2 Å². The molecule has 4 aliphatic rings. The summed E-state index contributed by atoms with van der Waals surface area (Å²) in [5, 5.41) is 3.18. The number of hydrogen-bond donors (Lipinski definition) is 1. The molecule has 1 heterocycles. The number of carbonyl (C=O) groups excluding carboxylic acids is 2. The Hall–Kier alpha value is -2.32. The molecule has 0 radical (unpaired) electrons. The predicted molar refractivity (Wildman–Crippen MR) is 148 cm³/mol. The van der Waals surface area contributed by atoms with E-state index in [-0.39, 0.29) is 17.4 Å². The molecule has 5 unspecified atom stereocenters. The van der Waals surface area contributed by atoms with Crippen LogP contribution in [-0.4, -0.2) is 49.4 Å². The van der Waals surface area contributed by atoms with Crippen molar-refractivity contribution in [2.45, 2.75) is 104 Å². The first-order valence-corrected chi connectivity index (χ1v) is 13.8. The van der Waals surface area contributed by atoms with Crippen molar-refractivity contribution in [2.24, 2.45) is 17.3 Å². The van der Waals surface area contributed by atoms with Gasteiger partial charge in [0.2, 0.25) is 5.91 Å². The van der Waals surface area contributed by atoms with E-state index in [4.69, 9.17) is 18.8 Å². The van der Waals surface area contributed by atoms with Crippen LogP contribution in [0, 0.1) is 17.3 Å². The number of nitrogens with one attached hydrogen (secondary N) is 1. The Morgan fingerprint density at radius 1 is 1.21 bits per heavy atom. The van der Waals surface area contributed by atoms with E-state index in [1.807, 2.05) is 39.8 Å². The third-order valence-corrected chi connectivity index (χ3v) is 8.78. The molecular formula is C30H44BNO6. The Bertz CT molecular complexity index is 1090. The van der Waals surface area contributed by atoms with Gasteiger partial charge in [0.15, 0.2) is 0 Å². The second-order valence-corrected chi connectivity index (χ2v) is 13.2. The summed E-state index contributed by atoms with van der Waals surface area (Å²) in [6.07, 6.45) is 3.44. The molecule has 1 amide bonds. The fourth-order valence-corrected chi connectivity index (χ4v) is 6.61. The van der Waals surface area contributed by atoms with Gasteiger partial charge in [0.25, 0.3) is 0 Å². The van der Waals surface area contributed by atoms with Crippen molar-refractivity contribution in [1.82, 2.24) is 5.32 Å². The standard InChI is InChI=1S/C30H44BNO6/c1-18(2)13-14-25(33)32-24(31-37-23-17-20-16-22(29(20,6)7)30(23,8)38-31)15-19-11-10-12-21(26(19)35-9)27(34)36-28(3,4)5/h10-12,20,22-24H,1,13-17H2,2-9H3,(H,32,33). The largest absolute Gasteiger partial charge is 0.496 e. The zero-order chi connectivity index (χ0) is 28.0. The van der Waals surface area contributed by atoms with E-state index in [0.29, 0.717) is 42.4 Å². The van der Waals surface area contributed by atoms with E-state index in [9.17, 15) is 9.59 Å². The molecule has 5 atom stereocenters. The summed E-state index contributed by atoms with van der Waals surface area (Å²) in [5.74, 6) is 0.478. The van der Waals surface area contributed by atoms with Gasteiger partial charge in [-0.25, -0.2) is 4.79 Å². The number of hydrogen-bond acceptors (Lipinski definition) is 6. The summed E-state index contributed by atoms with van der Waals surface area (Å²) >= 11 is 0. The maximum atomic E-state index is 13.0. The molecule has 1 N–H and O–H groups in total. The van der Waals surface area contributed by atoms with Crippen LogP contribution in [0.25, 0.3) is 0 Å². The fourth-order valence-electron chi connectivity index (χ4n) is 6.61. The second kappa shape index (κ2) is 10.3. The van der Waals surface area contributed by atoms with E-state index >= 15 is 0 Å². The summed E-state index contributed by atoms with van der Waals surface area (Å²) in [7, 11) is 0.935. The van der Waals surface area contributed by atoms with Crippen LogP contribution in [0.1, 0.15) is 90.1 Å². The summed E-state index contributed by atoms with van der Waals surface area (Å²) in [6.45, 7) is 18.2. The van der Waals surface area contributed by atoms with Crippen LogP contribution in [0.2, 0.25) is 0 Å². The molecule has 0 aromatic heterocycles. The van der Waals surface area contributed by atoms with Crippen molar-refractivity contribution in [2.75, 3.05) is 7.11 Å². The lowest BCUT2D eigenvalue weighted by molar-refractivity contribution is -0.199. The minimum Gasteiger partial charge on any atom is -0.496 e. The molecule has 208 valence electrons. The Morgan fingerprint density at radius 3 is 2.53 bits per heavy atom. The zero-order valence-corrected chi connectivity index (χ0v) is 24.3. The lowest BCUT2D eigenvalue weighted by Gasteiger charge is -2.64. The first-order chi connectivity index (χ1) is 17.7. The number of benzene rings is 1. The molecule has 1 aliphatic heterocycles. The Labute approximate surface area is 228 Å². The minimum atomic E-state index is -0.635. The first-order valence-electron chi connectivity index (χ1n) is 13.8. The molecule has 3 aliphatic carbocycles. The number of esters is 1. The van der Waals surface area contributed by atoms with Gasteiger partial charge in [0, 0.05) is 6.42 Å². The molecule has 0 spiro atoms. The van der Waals surface area contributed by atoms with Crippen molar-refractivity contribution in [3.05, 3.63) is 41.5 Å². The highest BCUT2D eigenvalue weighted by molar-refractivity contribution is 6.48.